The maximum absolute atomic E-state index is 13.5. The predicted octanol–water partition coefficient (Wildman–Crippen LogP) is 3.05. The SMILES string of the molecule is CCc1ccc(C(=O)O)cc1S(=O)(=O)N1CCN(C)CC1c1ccccc1.Cl. The molecule has 1 atom stereocenters. The fourth-order valence-corrected chi connectivity index (χ4v) is 5.40. The molecule has 152 valence electrons. The summed E-state index contributed by atoms with van der Waals surface area (Å²) in [6.45, 7) is 3.44. The van der Waals surface area contributed by atoms with Crippen molar-refractivity contribution in [2.45, 2.75) is 24.3 Å². The van der Waals surface area contributed by atoms with E-state index >= 15 is 0 Å². The van der Waals surface area contributed by atoms with Crippen molar-refractivity contribution in [3.8, 4) is 0 Å². The summed E-state index contributed by atoms with van der Waals surface area (Å²) >= 11 is 0. The highest BCUT2D eigenvalue weighted by Gasteiger charge is 2.37. The van der Waals surface area contributed by atoms with Gasteiger partial charge in [0.1, 0.15) is 0 Å². The van der Waals surface area contributed by atoms with Crippen molar-refractivity contribution in [3.05, 3.63) is 65.2 Å². The number of halogens is 1. The van der Waals surface area contributed by atoms with Gasteiger partial charge >= 0.3 is 5.97 Å². The minimum atomic E-state index is -3.84. The zero-order valence-electron chi connectivity index (χ0n) is 15.9. The van der Waals surface area contributed by atoms with Gasteiger partial charge in [0.2, 0.25) is 10.0 Å². The molecule has 1 unspecified atom stereocenters. The number of piperazine rings is 1. The van der Waals surface area contributed by atoms with Gasteiger partial charge in [-0.3, -0.25) is 0 Å². The Bertz CT molecular complexity index is 934. The molecule has 3 rings (SSSR count). The Morgan fingerprint density at radius 3 is 2.43 bits per heavy atom. The van der Waals surface area contributed by atoms with Gasteiger partial charge in [-0.1, -0.05) is 43.3 Å². The van der Waals surface area contributed by atoms with E-state index in [1.807, 2.05) is 44.3 Å². The summed E-state index contributed by atoms with van der Waals surface area (Å²) in [4.78, 5) is 13.6. The number of benzene rings is 2. The van der Waals surface area contributed by atoms with Gasteiger partial charge in [0.05, 0.1) is 16.5 Å². The number of likely N-dealkylation sites (N-methyl/N-ethyl adjacent to an activating group) is 1. The molecule has 1 heterocycles. The molecule has 6 nitrogen and oxygen atoms in total. The molecule has 0 amide bonds. The van der Waals surface area contributed by atoms with Gasteiger partial charge in [-0.05, 0) is 36.7 Å². The Labute approximate surface area is 172 Å². The zero-order chi connectivity index (χ0) is 19.6. The molecule has 0 spiro atoms. The molecule has 0 aliphatic carbocycles. The second kappa shape index (κ2) is 9.05. The van der Waals surface area contributed by atoms with Crippen LogP contribution in [0.25, 0.3) is 0 Å². The van der Waals surface area contributed by atoms with Crippen molar-refractivity contribution in [2.24, 2.45) is 0 Å². The fraction of sp³-hybridized carbons (Fsp3) is 0.350. The number of hydrogen-bond acceptors (Lipinski definition) is 4. The Hall–Kier alpha value is -1.93. The molecule has 28 heavy (non-hydrogen) atoms. The molecule has 1 saturated heterocycles. The third kappa shape index (κ3) is 4.38. The molecular formula is C20H25ClN2O4S. The topological polar surface area (TPSA) is 77.9 Å². The van der Waals surface area contributed by atoms with Gasteiger partial charge in [0, 0.05) is 19.6 Å². The Morgan fingerprint density at radius 2 is 1.82 bits per heavy atom. The number of carbonyl (C=O) groups is 1. The summed E-state index contributed by atoms with van der Waals surface area (Å²) < 4.78 is 28.6. The van der Waals surface area contributed by atoms with Crippen LogP contribution in [0.5, 0.6) is 0 Å². The van der Waals surface area contributed by atoms with E-state index < -0.39 is 16.0 Å². The number of rotatable bonds is 5. The number of nitrogens with zero attached hydrogens (tertiary/aromatic N) is 2. The Morgan fingerprint density at radius 1 is 1.14 bits per heavy atom. The van der Waals surface area contributed by atoms with Gasteiger partial charge in [0.15, 0.2) is 0 Å². The number of aryl methyl sites for hydroxylation is 1. The third-order valence-electron chi connectivity index (χ3n) is 5.00. The van der Waals surface area contributed by atoms with Crippen LogP contribution in [-0.2, 0) is 16.4 Å². The summed E-state index contributed by atoms with van der Waals surface area (Å²) in [6.07, 6.45) is 0.512. The molecule has 0 radical (unpaired) electrons. The first-order valence-electron chi connectivity index (χ1n) is 8.96. The van der Waals surface area contributed by atoms with Crippen molar-refractivity contribution in [1.29, 1.82) is 0 Å². The number of hydrogen-bond donors (Lipinski definition) is 1. The predicted molar refractivity (Wildman–Crippen MR) is 111 cm³/mol. The van der Waals surface area contributed by atoms with Crippen molar-refractivity contribution in [2.75, 3.05) is 26.7 Å². The van der Waals surface area contributed by atoms with E-state index in [4.69, 9.17) is 0 Å². The molecular weight excluding hydrogens is 400 g/mol. The van der Waals surface area contributed by atoms with Crippen molar-refractivity contribution >= 4 is 28.4 Å². The van der Waals surface area contributed by atoms with E-state index in [1.165, 1.54) is 16.4 Å². The summed E-state index contributed by atoms with van der Waals surface area (Å²) in [5.41, 5.74) is 1.54. The highest BCUT2D eigenvalue weighted by Crippen LogP contribution is 2.32. The summed E-state index contributed by atoms with van der Waals surface area (Å²) in [5.74, 6) is -1.13. The van der Waals surface area contributed by atoms with E-state index in [0.29, 0.717) is 31.6 Å². The highest BCUT2D eigenvalue weighted by molar-refractivity contribution is 7.89. The van der Waals surface area contributed by atoms with Crippen LogP contribution >= 0.6 is 12.4 Å². The van der Waals surface area contributed by atoms with Gasteiger partial charge < -0.3 is 10.0 Å². The summed E-state index contributed by atoms with van der Waals surface area (Å²) in [5, 5.41) is 9.30. The average Bonchev–Trinajstić information content (AvgIpc) is 2.67. The number of sulfonamides is 1. The van der Waals surface area contributed by atoms with Crippen molar-refractivity contribution in [1.82, 2.24) is 9.21 Å². The average molecular weight is 425 g/mol. The molecule has 2 aromatic carbocycles. The third-order valence-corrected chi connectivity index (χ3v) is 6.99. The van der Waals surface area contributed by atoms with Crippen LogP contribution in [0.15, 0.2) is 53.4 Å². The summed E-state index contributed by atoms with van der Waals surface area (Å²) in [7, 11) is -1.86. The van der Waals surface area contributed by atoms with E-state index in [1.54, 1.807) is 6.07 Å². The molecule has 1 fully saturated rings. The van der Waals surface area contributed by atoms with Crippen LogP contribution in [-0.4, -0.2) is 55.4 Å². The Kier molecular flexibility index (Phi) is 7.22. The fourth-order valence-electron chi connectivity index (χ4n) is 3.48. The first-order chi connectivity index (χ1) is 12.8. The first kappa shape index (κ1) is 22.4. The number of carboxylic acid groups (broad SMARTS) is 1. The minimum Gasteiger partial charge on any atom is -0.478 e. The standard InChI is InChI=1S/C20H24N2O4S.ClH/c1-3-15-9-10-17(20(23)24)13-19(15)27(25,26)22-12-11-21(2)14-18(22)16-7-5-4-6-8-16;/h4-10,13,18H,3,11-12,14H2,1-2H3,(H,23,24);1H. The van der Waals surface area contributed by atoms with Gasteiger partial charge in [-0.2, -0.15) is 4.31 Å². The molecule has 0 saturated carbocycles. The first-order valence-corrected chi connectivity index (χ1v) is 10.4. The molecule has 1 N–H and O–H groups in total. The molecule has 1 aliphatic rings. The van der Waals surface area contributed by atoms with E-state index in [-0.39, 0.29) is 28.9 Å². The van der Waals surface area contributed by atoms with Crippen LogP contribution in [0.3, 0.4) is 0 Å². The minimum absolute atomic E-state index is 0. The van der Waals surface area contributed by atoms with Crippen LogP contribution in [0.1, 0.15) is 34.5 Å². The van der Waals surface area contributed by atoms with Gasteiger partial charge in [-0.25, -0.2) is 13.2 Å². The van der Waals surface area contributed by atoms with E-state index in [0.717, 1.165) is 5.56 Å². The molecule has 1 aliphatic heterocycles. The van der Waals surface area contributed by atoms with Gasteiger partial charge in [-0.15, -0.1) is 12.4 Å². The maximum atomic E-state index is 13.5. The van der Waals surface area contributed by atoms with Crippen molar-refractivity contribution in [3.63, 3.8) is 0 Å². The van der Waals surface area contributed by atoms with Gasteiger partial charge in [0.25, 0.3) is 0 Å². The second-order valence-electron chi connectivity index (χ2n) is 6.79. The van der Waals surface area contributed by atoms with Crippen LogP contribution in [0.4, 0.5) is 0 Å². The van der Waals surface area contributed by atoms with Crippen LogP contribution < -0.4 is 0 Å². The Balaban J connectivity index is 0.00000280. The van der Waals surface area contributed by atoms with E-state index in [2.05, 4.69) is 4.90 Å². The number of carboxylic acids is 1. The lowest BCUT2D eigenvalue weighted by molar-refractivity contribution is 0.0696. The molecule has 0 bridgehead atoms. The lowest BCUT2D eigenvalue weighted by Gasteiger charge is -2.39. The summed E-state index contributed by atoms with van der Waals surface area (Å²) in [6, 6.07) is 13.6. The smallest absolute Gasteiger partial charge is 0.335 e. The lowest BCUT2D eigenvalue weighted by atomic mass is 10.1. The largest absolute Gasteiger partial charge is 0.478 e. The van der Waals surface area contributed by atoms with Crippen molar-refractivity contribution < 1.29 is 18.3 Å². The maximum Gasteiger partial charge on any atom is 0.335 e. The normalized spacial score (nSPS) is 18.4. The molecule has 8 heteroatoms. The quantitative estimate of drug-likeness (QED) is 0.798. The lowest BCUT2D eigenvalue weighted by Crippen LogP contribution is -2.49. The monoisotopic (exact) mass is 424 g/mol. The zero-order valence-corrected chi connectivity index (χ0v) is 17.5. The van der Waals surface area contributed by atoms with E-state index in [9.17, 15) is 18.3 Å². The highest BCUT2D eigenvalue weighted by atomic mass is 35.5. The molecule has 0 aromatic heterocycles. The van der Waals surface area contributed by atoms with Crippen LogP contribution in [0.2, 0.25) is 0 Å². The second-order valence-corrected chi connectivity index (χ2v) is 8.64. The van der Waals surface area contributed by atoms with Crippen LogP contribution in [0, 0.1) is 0 Å². The number of aromatic carboxylic acids is 1. The molecule has 2 aromatic rings.